The Bertz CT molecular complexity index is 534. The third kappa shape index (κ3) is 5.86. The zero-order valence-corrected chi connectivity index (χ0v) is 15.2. The number of aliphatic imine (C=N–C) groups is 1. The molecule has 1 aromatic heterocycles. The number of rotatable bonds is 5. The van der Waals surface area contributed by atoms with E-state index in [-0.39, 0.29) is 11.9 Å². The van der Waals surface area contributed by atoms with E-state index in [0.29, 0.717) is 12.5 Å². The SMILES string of the molecule is CN=C(NCC(=O)N1CCCCC1)NC(C)Cc1ccc(C)s1. The first-order valence-corrected chi connectivity index (χ1v) is 9.20. The number of carbonyl (C=O) groups is 1. The number of hydrogen-bond acceptors (Lipinski definition) is 3. The third-order valence-electron chi connectivity index (χ3n) is 4.03. The molecule has 2 rings (SSSR count). The minimum atomic E-state index is 0.161. The fourth-order valence-corrected chi connectivity index (χ4v) is 3.81. The molecule has 1 unspecified atom stereocenters. The molecule has 0 bridgehead atoms. The Hall–Kier alpha value is -1.56. The second kappa shape index (κ2) is 8.91. The van der Waals surface area contributed by atoms with Crippen molar-refractivity contribution in [1.29, 1.82) is 0 Å². The minimum Gasteiger partial charge on any atom is -0.354 e. The van der Waals surface area contributed by atoms with Gasteiger partial charge in [-0.3, -0.25) is 9.79 Å². The Morgan fingerprint density at radius 1 is 1.35 bits per heavy atom. The van der Waals surface area contributed by atoms with Crippen molar-refractivity contribution in [3.63, 3.8) is 0 Å². The summed E-state index contributed by atoms with van der Waals surface area (Å²) >= 11 is 1.83. The summed E-state index contributed by atoms with van der Waals surface area (Å²) < 4.78 is 0. The number of guanidine groups is 1. The zero-order chi connectivity index (χ0) is 16.7. The fourth-order valence-electron chi connectivity index (χ4n) is 2.79. The number of carbonyl (C=O) groups excluding carboxylic acids is 1. The van der Waals surface area contributed by atoms with Gasteiger partial charge in [-0.15, -0.1) is 11.3 Å². The Morgan fingerprint density at radius 2 is 2.09 bits per heavy atom. The largest absolute Gasteiger partial charge is 0.354 e. The molecule has 128 valence electrons. The van der Waals surface area contributed by atoms with E-state index in [1.165, 1.54) is 16.2 Å². The van der Waals surface area contributed by atoms with Crippen LogP contribution in [0.1, 0.15) is 35.9 Å². The molecule has 0 spiro atoms. The van der Waals surface area contributed by atoms with Crippen molar-refractivity contribution >= 4 is 23.2 Å². The normalized spacial score (nSPS) is 17.0. The first kappa shape index (κ1) is 17.8. The average molecular weight is 337 g/mol. The lowest BCUT2D eigenvalue weighted by Gasteiger charge is -2.27. The van der Waals surface area contributed by atoms with Crippen molar-refractivity contribution in [3.05, 3.63) is 21.9 Å². The molecule has 23 heavy (non-hydrogen) atoms. The highest BCUT2D eigenvalue weighted by Crippen LogP contribution is 2.16. The van der Waals surface area contributed by atoms with Crippen molar-refractivity contribution in [2.75, 3.05) is 26.7 Å². The molecule has 1 fully saturated rings. The average Bonchev–Trinajstić information content (AvgIpc) is 2.96. The van der Waals surface area contributed by atoms with Gasteiger partial charge in [-0.25, -0.2) is 0 Å². The first-order valence-electron chi connectivity index (χ1n) is 8.38. The van der Waals surface area contributed by atoms with E-state index in [1.54, 1.807) is 7.05 Å². The monoisotopic (exact) mass is 336 g/mol. The maximum absolute atomic E-state index is 12.2. The molecule has 0 aliphatic carbocycles. The number of nitrogens with one attached hydrogen (secondary N) is 2. The van der Waals surface area contributed by atoms with E-state index in [2.05, 4.69) is 41.6 Å². The van der Waals surface area contributed by atoms with Crippen LogP contribution >= 0.6 is 11.3 Å². The summed E-state index contributed by atoms with van der Waals surface area (Å²) in [7, 11) is 1.74. The van der Waals surface area contributed by atoms with Crippen LogP contribution in [0.2, 0.25) is 0 Å². The fraction of sp³-hybridized carbons (Fsp3) is 0.647. The first-order chi connectivity index (χ1) is 11.1. The van der Waals surface area contributed by atoms with E-state index in [9.17, 15) is 4.79 Å². The van der Waals surface area contributed by atoms with Crippen LogP contribution in [0, 0.1) is 6.92 Å². The maximum Gasteiger partial charge on any atom is 0.241 e. The predicted octanol–water partition coefficient (Wildman–Crippen LogP) is 2.17. The summed E-state index contributed by atoms with van der Waals surface area (Å²) in [6.07, 6.45) is 4.44. The van der Waals surface area contributed by atoms with Crippen LogP contribution < -0.4 is 10.6 Å². The number of nitrogens with zero attached hydrogens (tertiary/aromatic N) is 2. The molecule has 5 nitrogen and oxygen atoms in total. The van der Waals surface area contributed by atoms with Crippen LogP contribution in [0.3, 0.4) is 0 Å². The van der Waals surface area contributed by atoms with Gasteiger partial charge in [0, 0.05) is 42.4 Å². The third-order valence-corrected chi connectivity index (χ3v) is 5.05. The van der Waals surface area contributed by atoms with Crippen molar-refractivity contribution < 1.29 is 4.79 Å². The van der Waals surface area contributed by atoms with Crippen LogP contribution in [0.25, 0.3) is 0 Å². The summed E-state index contributed by atoms with van der Waals surface area (Å²) in [6, 6.07) is 4.59. The van der Waals surface area contributed by atoms with Gasteiger partial charge < -0.3 is 15.5 Å². The number of hydrogen-bond donors (Lipinski definition) is 2. The second-order valence-electron chi connectivity index (χ2n) is 6.13. The lowest BCUT2D eigenvalue weighted by molar-refractivity contribution is -0.130. The molecular weight excluding hydrogens is 308 g/mol. The van der Waals surface area contributed by atoms with Gasteiger partial charge in [0.05, 0.1) is 6.54 Å². The van der Waals surface area contributed by atoms with Crippen LogP contribution in [-0.2, 0) is 11.2 Å². The van der Waals surface area contributed by atoms with E-state index in [1.807, 2.05) is 16.2 Å². The molecular formula is C17H28N4OS. The standard InChI is InChI=1S/C17H28N4OS/c1-13(11-15-8-7-14(2)23-15)20-17(18-3)19-12-16(22)21-9-5-4-6-10-21/h7-8,13H,4-6,9-12H2,1-3H3,(H2,18,19,20). The van der Waals surface area contributed by atoms with Gasteiger partial charge in [-0.05, 0) is 45.2 Å². The highest BCUT2D eigenvalue weighted by atomic mass is 32.1. The number of piperidine rings is 1. The van der Waals surface area contributed by atoms with Crippen molar-refractivity contribution in [2.24, 2.45) is 4.99 Å². The molecule has 1 atom stereocenters. The minimum absolute atomic E-state index is 0.161. The topological polar surface area (TPSA) is 56.7 Å². The highest BCUT2D eigenvalue weighted by molar-refractivity contribution is 7.11. The summed E-state index contributed by atoms with van der Waals surface area (Å²) in [6.45, 7) is 6.35. The Labute approximate surface area is 143 Å². The number of amides is 1. The van der Waals surface area contributed by atoms with E-state index in [4.69, 9.17) is 0 Å². The Kier molecular flexibility index (Phi) is 6.89. The maximum atomic E-state index is 12.2. The van der Waals surface area contributed by atoms with E-state index >= 15 is 0 Å². The van der Waals surface area contributed by atoms with Crippen LogP contribution in [0.5, 0.6) is 0 Å². The highest BCUT2D eigenvalue weighted by Gasteiger charge is 2.16. The predicted molar refractivity (Wildman–Crippen MR) is 97.2 cm³/mol. The van der Waals surface area contributed by atoms with Crippen molar-refractivity contribution in [2.45, 2.75) is 45.6 Å². The molecule has 2 N–H and O–H groups in total. The summed E-state index contributed by atoms with van der Waals surface area (Å²) in [5.74, 6) is 0.852. The summed E-state index contributed by atoms with van der Waals surface area (Å²) in [5.41, 5.74) is 0. The molecule has 0 saturated carbocycles. The molecule has 1 saturated heterocycles. The number of aryl methyl sites for hydroxylation is 1. The molecule has 0 aromatic carbocycles. The van der Waals surface area contributed by atoms with Gasteiger partial charge >= 0.3 is 0 Å². The second-order valence-corrected chi connectivity index (χ2v) is 7.50. The number of thiophene rings is 1. The molecule has 6 heteroatoms. The molecule has 1 amide bonds. The van der Waals surface area contributed by atoms with Gasteiger partial charge in [0.25, 0.3) is 0 Å². The summed E-state index contributed by atoms with van der Waals surface area (Å²) in [5, 5.41) is 6.50. The van der Waals surface area contributed by atoms with Crippen molar-refractivity contribution in [3.8, 4) is 0 Å². The van der Waals surface area contributed by atoms with E-state index in [0.717, 1.165) is 32.4 Å². The Balaban J connectivity index is 1.75. The molecule has 1 aliphatic rings. The summed E-state index contributed by atoms with van der Waals surface area (Å²) in [4.78, 5) is 21.0. The number of likely N-dealkylation sites (tertiary alicyclic amines) is 1. The van der Waals surface area contributed by atoms with Crippen LogP contribution in [0.4, 0.5) is 0 Å². The van der Waals surface area contributed by atoms with Gasteiger partial charge in [0.1, 0.15) is 0 Å². The van der Waals surface area contributed by atoms with E-state index < -0.39 is 0 Å². The van der Waals surface area contributed by atoms with Crippen LogP contribution in [0.15, 0.2) is 17.1 Å². The lowest BCUT2D eigenvalue weighted by atomic mass is 10.1. The molecule has 0 radical (unpaired) electrons. The smallest absolute Gasteiger partial charge is 0.241 e. The van der Waals surface area contributed by atoms with Gasteiger partial charge in [0.15, 0.2) is 5.96 Å². The van der Waals surface area contributed by atoms with Crippen LogP contribution in [-0.4, -0.2) is 49.5 Å². The van der Waals surface area contributed by atoms with Gasteiger partial charge in [-0.2, -0.15) is 0 Å². The quantitative estimate of drug-likeness (QED) is 0.640. The Morgan fingerprint density at radius 3 is 2.70 bits per heavy atom. The molecule has 2 heterocycles. The van der Waals surface area contributed by atoms with Gasteiger partial charge in [-0.1, -0.05) is 0 Å². The molecule has 1 aliphatic heterocycles. The molecule has 1 aromatic rings. The van der Waals surface area contributed by atoms with Crippen molar-refractivity contribution in [1.82, 2.24) is 15.5 Å². The lowest BCUT2D eigenvalue weighted by Crippen LogP contribution is -2.48. The van der Waals surface area contributed by atoms with Gasteiger partial charge in [0.2, 0.25) is 5.91 Å². The zero-order valence-electron chi connectivity index (χ0n) is 14.4.